The summed E-state index contributed by atoms with van der Waals surface area (Å²) in [7, 11) is 1.42. The van der Waals surface area contributed by atoms with Crippen LogP contribution in [-0.4, -0.2) is 46.3 Å². The minimum atomic E-state index is -0.329. The number of ether oxygens (including phenoxy) is 1. The van der Waals surface area contributed by atoms with E-state index in [1.165, 1.54) is 25.5 Å². The third kappa shape index (κ3) is 4.93. The topological polar surface area (TPSA) is 64.4 Å². The summed E-state index contributed by atoms with van der Waals surface area (Å²) in [6, 6.07) is 8.79. The molecule has 0 N–H and O–H groups in total. The number of carbonyl (C=O) groups excluding carboxylic acids is 2. The predicted octanol–water partition coefficient (Wildman–Crippen LogP) is 5.90. The Hall–Kier alpha value is -2.89. The Morgan fingerprint density at radius 3 is 2.77 bits per heavy atom. The number of aromatic nitrogens is 2. The first-order chi connectivity index (χ1) is 17.1. The number of esters is 1. The van der Waals surface area contributed by atoms with Gasteiger partial charge in [0, 0.05) is 18.5 Å². The minimum Gasteiger partial charge on any atom is -0.465 e. The van der Waals surface area contributed by atoms with E-state index in [9.17, 15) is 9.59 Å². The van der Waals surface area contributed by atoms with E-state index in [0.717, 1.165) is 74.9 Å². The first-order valence-electron chi connectivity index (χ1n) is 13.4. The van der Waals surface area contributed by atoms with E-state index in [4.69, 9.17) is 4.74 Å². The molecule has 1 aliphatic heterocycles. The monoisotopic (exact) mass is 475 g/mol. The van der Waals surface area contributed by atoms with Crippen LogP contribution in [0.5, 0.6) is 0 Å². The Kier molecular flexibility index (Phi) is 7.07. The number of likely N-dealkylation sites (tertiary alicyclic amines) is 1. The highest BCUT2D eigenvalue weighted by molar-refractivity contribution is 5.91. The predicted molar refractivity (Wildman–Crippen MR) is 136 cm³/mol. The number of nitrogens with zero attached hydrogens (tertiary/aromatic N) is 3. The van der Waals surface area contributed by atoms with Gasteiger partial charge in [-0.25, -0.2) is 9.48 Å². The van der Waals surface area contributed by atoms with Crippen molar-refractivity contribution in [3.8, 4) is 5.69 Å². The quantitative estimate of drug-likeness (QED) is 0.446. The Bertz CT molecular complexity index is 1110. The van der Waals surface area contributed by atoms with Crippen LogP contribution < -0.4 is 0 Å². The molecule has 5 rings (SSSR count). The second kappa shape index (κ2) is 10.4. The fourth-order valence-corrected chi connectivity index (χ4v) is 5.85. The summed E-state index contributed by atoms with van der Waals surface area (Å²) in [5.74, 6) is 0.321. The van der Waals surface area contributed by atoms with Gasteiger partial charge < -0.3 is 9.64 Å². The van der Waals surface area contributed by atoms with Crippen molar-refractivity contribution in [1.29, 1.82) is 0 Å². The van der Waals surface area contributed by atoms with Gasteiger partial charge in [-0.3, -0.25) is 4.79 Å². The van der Waals surface area contributed by atoms with Crippen molar-refractivity contribution < 1.29 is 14.3 Å². The van der Waals surface area contributed by atoms with Crippen molar-refractivity contribution in [2.45, 2.75) is 83.1 Å². The Morgan fingerprint density at radius 2 is 2.00 bits per heavy atom. The Balaban J connectivity index is 1.39. The van der Waals surface area contributed by atoms with Crippen molar-refractivity contribution in [3.63, 3.8) is 0 Å². The molecule has 1 aromatic carbocycles. The molecule has 1 saturated heterocycles. The molecule has 1 aromatic heterocycles. The first-order valence-corrected chi connectivity index (χ1v) is 13.4. The normalized spacial score (nSPS) is 22.2. The van der Waals surface area contributed by atoms with Crippen LogP contribution >= 0.6 is 0 Å². The molecule has 35 heavy (non-hydrogen) atoms. The molecule has 0 radical (unpaired) electrons. The molecular formula is C29H37N3O3. The van der Waals surface area contributed by atoms with E-state index in [1.807, 2.05) is 16.8 Å². The number of rotatable bonds is 8. The number of amides is 1. The summed E-state index contributed by atoms with van der Waals surface area (Å²) in [4.78, 5) is 28.0. The zero-order valence-electron chi connectivity index (χ0n) is 21.0. The van der Waals surface area contributed by atoms with Gasteiger partial charge in [0.1, 0.15) is 5.56 Å². The average Bonchev–Trinajstić information content (AvgIpc) is 3.46. The fraction of sp³-hybridized carbons (Fsp3) is 0.552. The van der Waals surface area contributed by atoms with E-state index in [-0.39, 0.29) is 11.9 Å². The highest BCUT2D eigenvalue weighted by Crippen LogP contribution is 2.43. The van der Waals surface area contributed by atoms with E-state index in [1.54, 1.807) is 6.20 Å². The summed E-state index contributed by atoms with van der Waals surface area (Å²) < 4.78 is 6.90. The molecule has 0 spiro atoms. The molecular weight excluding hydrogens is 438 g/mol. The average molecular weight is 476 g/mol. The summed E-state index contributed by atoms with van der Waals surface area (Å²) in [5, 5.41) is 4.57. The van der Waals surface area contributed by atoms with Crippen LogP contribution in [0.4, 0.5) is 0 Å². The molecule has 0 bridgehead atoms. The van der Waals surface area contributed by atoms with E-state index < -0.39 is 0 Å². The van der Waals surface area contributed by atoms with Crippen molar-refractivity contribution in [3.05, 3.63) is 53.4 Å². The molecule has 2 aromatic rings. The molecule has 1 amide bonds. The molecule has 6 nitrogen and oxygen atoms in total. The van der Waals surface area contributed by atoms with Crippen LogP contribution in [0, 0.1) is 5.92 Å². The number of carbonyl (C=O) groups is 2. The van der Waals surface area contributed by atoms with Crippen LogP contribution in [0.3, 0.4) is 0 Å². The summed E-state index contributed by atoms with van der Waals surface area (Å²) in [5.41, 5.74) is 4.85. The number of unbranched alkanes of at least 4 members (excludes halogenated alkanes) is 1. The zero-order chi connectivity index (χ0) is 24.4. The summed E-state index contributed by atoms with van der Waals surface area (Å²) in [6.07, 6.45) is 14.7. The number of benzene rings is 1. The molecule has 2 heterocycles. The van der Waals surface area contributed by atoms with Crippen molar-refractivity contribution in [2.75, 3.05) is 13.7 Å². The van der Waals surface area contributed by atoms with Gasteiger partial charge in [-0.1, -0.05) is 38.0 Å². The number of hydrogen-bond acceptors (Lipinski definition) is 4. The molecule has 2 aliphatic carbocycles. The molecule has 2 fully saturated rings. The second-order valence-corrected chi connectivity index (χ2v) is 10.3. The number of methoxy groups -OCH3 is 1. The van der Waals surface area contributed by atoms with Crippen LogP contribution in [0.2, 0.25) is 0 Å². The lowest BCUT2D eigenvalue weighted by Gasteiger charge is -2.30. The lowest BCUT2D eigenvalue weighted by Crippen LogP contribution is -2.39. The van der Waals surface area contributed by atoms with Gasteiger partial charge in [0.25, 0.3) is 0 Å². The molecule has 186 valence electrons. The van der Waals surface area contributed by atoms with Crippen molar-refractivity contribution in [1.82, 2.24) is 14.7 Å². The van der Waals surface area contributed by atoms with Crippen molar-refractivity contribution >= 4 is 17.4 Å². The lowest BCUT2D eigenvalue weighted by molar-refractivity contribution is -0.135. The van der Waals surface area contributed by atoms with Crippen LogP contribution in [0.15, 0.2) is 36.5 Å². The third-order valence-electron chi connectivity index (χ3n) is 7.87. The van der Waals surface area contributed by atoms with Crippen LogP contribution in [-0.2, 0) is 9.53 Å². The molecule has 2 unspecified atom stereocenters. The van der Waals surface area contributed by atoms with Gasteiger partial charge in [-0.2, -0.15) is 5.10 Å². The maximum Gasteiger partial charge on any atom is 0.341 e. The Labute approximate surface area is 208 Å². The van der Waals surface area contributed by atoms with Crippen LogP contribution in [0.25, 0.3) is 11.3 Å². The van der Waals surface area contributed by atoms with Gasteiger partial charge in [0.15, 0.2) is 0 Å². The zero-order valence-corrected chi connectivity index (χ0v) is 21.0. The SMILES string of the molecule is CCCCC1CCCN1C(=O)C1C=C(c2cccc(-n3ncc(C(=O)OC)c3C3CC3)c2)CCC1. The largest absolute Gasteiger partial charge is 0.465 e. The van der Waals surface area contributed by atoms with Gasteiger partial charge in [0.05, 0.1) is 30.6 Å². The van der Waals surface area contributed by atoms with Gasteiger partial charge in [-0.05, 0) is 74.6 Å². The summed E-state index contributed by atoms with van der Waals surface area (Å²) in [6.45, 7) is 3.13. The van der Waals surface area contributed by atoms with Crippen LogP contribution in [0.1, 0.15) is 98.7 Å². The number of allylic oxidation sites excluding steroid dienone is 1. The van der Waals surface area contributed by atoms with E-state index >= 15 is 0 Å². The standard InChI is InChI=1S/C29H37N3O3/c1-3-4-11-24-13-7-16-31(24)28(33)23-10-5-8-21(17-23)22-9-6-12-25(18-22)32-27(20-14-15-20)26(19-30-32)29(34)35-2/h6,9,12,17-20,23-24H,3-5,7-8,10-11,13-16H2,1-2H3. The molecule has 3 aliphatic rings. The highest BCUT2D eigenvalue weighted by Gasteiger charge is 2.34. The smallest absolute Gasteiger partial charge is 0.341 e. The van der Waals surface area contributed by atoms with E-state index in [2.05, 4.69) is 35.1 Å². The first kappa shape index (κ1) is 23.8. The number of hydrogen-bond donors (Lipinski definition) is 0. The van der Waals surface area contributed by atoms with Gasteiger partial charge in [-0.15, -0.1) is 0 Å². The van der Waals surface area contributed by atoms with Gasteiger partial charge >= 0.3 is 5.97 Å². The van der Waals surface area contributed by atoms with Crippen molar-refractivity contribution in [2.24, 2.45) is 5.92 Å². The molecule has 6 heteroatoms. The second-order valence-electron chi connectivity index (χ2n) is 10.3. The minimum absolute atomic E-state index is 0.0257. The van der Waals surface area contributed by atoms with E-state index in [0.29, 0.717) is 23.4 Å². The Morgan fingerprint density at radius 1 is 1.14 bits per heavy atom. The highest BCUT2D eigenvalue weighted by atomic mass is 16.5. The summed E-state index contributed by atoms with van der Waals surface area (Å²) >= 11 is 0. The lowest BCUT2D eigenvalue weighted by atomic mass is 9.86. The molecule has 2 atom stereocenters. The third-order valence-corrected chi connectivity index (χ3v) is 7.87. The maximum absolute atomic E-state index is 13.5. The molecule has 1 saturated carbocycles. The fourth-order valence-electron chi connectivity index (χ4n) is 5.85. The van der Waals surface area contributed by atoms with Gasteiger partial charge in [0.2, 0.25) is 5.91 Å². The maximum atomic E-state index is 13.5.